The van der Waals surface area contributed by atoms with Crippen LogP contribution in [0.25, 0.3) is 0 Å². The maximum Gasteiger partial charge on any atom is 0.346 e. The van der Waals surface area contributed by atoms with Crippen LogP contribution in [-0.2, 0) is 4.79 Å². The Bertz CT molecular complexity index is 514. The van der Waals surface area contributed by atoms with Crippen LogP contribution in [0.1, 0.15) is 21.0 Å². The summed E-state index contributed by atoms with van der Waals surface area (Å²) in [5, 5.41) is 2.26. The molecule has 0 aliphatic heterocycles. The fourth-order valence-electron chi connectivity index (χ4n) is 1.12. The molecule has 0 bridgehead atoms. The Kier molecular flexibility index (Phi) is 4.02. The second-order valence-electron chi connectivity index (χ2n) is 3.34. The molecule has 0 aliphatic rings. The highest BCUT2D eigenvalue weighted by molar-refractivity contribution is 5.97. The van der Waals surface area contributed by atoms with E-state index in [0.717, 1.165) is 0 Å². The number of amides is 3. The van der Waals surface area contributed by atoms with Crippen molar-refractivity contribution < 1.29 is 19.4 Å². The number of guanidine groups is 1. The number of nitrogens with two attached hydrogens (primary N) is 3. The lowest BCUT2D eigenvalue weighted by Gasteiger charge is -1.99. The fourth-order valence-corrected chi connectivity index (χ4v) is 1.12. The molecule has 9 nitrogen and oxygen atoms in total. The summed E-state index contributed by atoms with van der Waals surface area (Å²) in [4.78, 5) is 38.1. The molecule has 0 atom stereocenters. The number of carbonyl (C=O) groups is 3. The zero-order chi connectivity index (χ0) is 13.7. The number of primary amides is 1. The second kappa shape index (κ2) is 5.48. The van der Waals surface area contributed by atoms with Crippen LogP contribution in [-0.4, -0.2) is 35.2 Å². The van der Waals surface area contributed by atoms with Crippen molar-refractivity contribution in [2.45, 2.75) is 0 Å². The lowest BCUT2D eigenvalue weighted by Crippen LogP contribution is -2.81. The van der Waals surface area contributed by atoms with E-state index in [1.54, 1.807) is 0 Å². The van der Waals surface area contributed by atoms with E-state index in [4.69, 9.17) is 17.2 Å². The van der Waals surface area contributed by atoms with Crippen molar-refractivity contribution in [2.24, 2.45) is 17.2 Å². The first kappa shape index (κ1) is 13.2. The van der Waals surface area contributed by atoms with E-state index in [1.165, 1.54) is 12.1 Å². The summed E-state index contributed by atoms with van der Waals surface area (Å²) in [6.07, 6.45) is 0. The van der Waals surface area contributed by atoms with Gasteiger partial charge in [-0.15, -0.1) is 0 Å². The molecule has 0 radical (unpaired) electrons. The van der Waals surface area contributed by atoms with Crippen molar-refractivity contribution in [2.75, 3.05) is 6.54 Å². The topological polar surface area (TPSA) is 171 Å². The molecule has 9 N–H and O–H groups in total. The van der Waals surface area contributed by atoms with Crippen LogP contribution in [0.2, 0.25) is 0 Å². The Balaban J connectivity index is 2.74. The molecule has 0 spiro atoms. The summed E-state index contributed by atoms with van der Waals surface area (Å²) < 4.78 is 0. The van der Waals surface area contributed by atoms with Crippen molar-refractivity contribution in [3.05, 3.63) is 23.5 Å². The summed E-state index contributed by atoms with van der Waals surface area (Å²) in [6.45, 7) is -0.289. The Morgan fingerprint density at radius 1 is 1.17 bits per heavy atom. The van der Waals surface area contributed by atoms with E-state index in [0.29, 0.717) is 0 Å². The average molecular weight is 253 g/mol. The quantitative estimate of drug-likeness (QED) is 0.235. The third kappa shape index (κ3) is 3.63. The van der Waals surface area contributed by atoms with E-state index < -0.39 is 17.7 Å². The molecule has 0 aliphatic carbocycles. The first-order chi connectivity index (χ1) is 8.40. The third-order valence-corrected chi connectivity index (χ3v) is 1.86. The minimum Gasteiger partial charge on any atom is -0.368 e. The number of hydrogen-bond acceptors (Lipinski definition) is 3. The predicted octanol–water partition coefficient (Wildman–Crippen LogP) is -4.28. The minimum absolute atomic E-state index is 0.104. The summed E-state index contributed by atoms with van der Waals surface area (Å²) in [5.41, 5.74) is 15.3. The van der Waals surface area contributed by atoms with Crippen LogP contribution in [0.5, 0.6) is 0 Å². The smallest absolute Gasteiger partial charge is 0.346 e. The van der Waals surface area contributed by atoms with Crippen LogP contribution in [0.15, 0.2) is 12.1 Å². The maximum absolute atomic E-state index is 11.5. The molecule has 0 saturated carbocycles. The predicted molar refractivity (Wildman–Crippen MR) is 61.0 cm³/mol. The molecule has 9 heteroatoms. The molecule has 0 saturated heterocycles. The molecule has 1 aromatic heterocycles. The number of hydrogen-bond donors (Lipinski definition) is 6. The van der Waals surface area contributed by atoms with Crippen LogP contribution < -0.4 is 27.5 Å². The molecular formula is C9H13N6O3+. The molecular weight excluding hydrogens is 240 g/mol. The van der Waals surface area contributed by atoms with Gasteiger partial charge in [0.15, 0.2) is 0 Å². The fraction of sp³-hybridized carbons (Fsp3) is 0.111. The highest BCUT2D eigenvalue weighted by Gasteiger charge is 2.13. The van der Waals surface area contributed by atoms with Gasteiger partial charge in [-0.25, -0.2) is 9.79 Å². The standard InChI is InChI=1S/C9H12N6O3/c10-6(16)3-13-7(17)4-1-2-5(14-4)8(18)15-9(11)12/h1-2,14H,3H2,(H2,10,16)(H,13,17)(H4,11,12,15,18)/p+1. The molecule has 3 amide bonds. The molecule has 1 heterocycles. The third-order valence-electron chi connectivity index (χ3n) is 1.86. The largest absolute Gasteiger partial charge is 0.368 e. The van der Waals surface area contributed by atoms with Gasteiger partial charge in [0.1, 0.15) is 11.4 Å². The maximum atomic E-state index is 11.5. The Morgan fingerprint density at radius 3 is 2.33 bits per heavy atom. The zero-order valence-corrected chi connectivity index (χ0v) is 9.32. The van der Waals surface area contributed by atoms with Crippen molar-refractivity contribution >= 4 is 23.7 Å². The molecule has 0 fully saturated rings. The number of carbonyl (C=O) groups excluding carboxylic acids is 3. The van der Waals surface area contributed by atoms with Crippen LogP contribution >= 0.6 is 0 Å². The molecule has 18 heavy (non-hydrogen) atoms. The molecule has 0 aromatic carbocycles. The Morgan fingerprint density at radius 2 is 1.78 bits per heavy atom. The zero-order valence-electron chi connectivity index (χ0n) is 9.32. The summed E-state index contributed by atoms with van der Waals surface area (Å²) >= 11 is 0. The lowest BCUT2D eigenvalue weighted by molar-refractivity contribution is -0.347. The highest BCUT2D eigenvalue weighted by atomic mass is 16.2. The minimum atomic E-state index is -0.668. The first-order valence-corrected chi connectivity index (χ1v) is 4.85. The first-order valence-electron chi connectivity index (χ1n) is 4.85. The SMILES string of the molecule is NC(=O)CNC(=O)c1ccc(C(=O)[NH+]=C(N)N)[nH]1. The van der Waals surface area contributed by atoms with Crippen LogP contribution in [0.3, 0.4) is 0 Å². The van der Waals surface area contributed by atoms with Crippen molar-refractivity contribution in [1.82, 2.24) is 10.3 Å². The van der Waals surface area contributed by atoms with Crippen molar-refractivity contribution in [3.8, 4) is 0 Å². The van der Waals surface area contributed by atoms with Gasteiger partial charge in [-0.05, 0) is 12.1 Å². The summed E-state index contributed by atoms with van der Waals surface area (Å²) in [7, 11) is 0. The van der Waals surface area contributed by atoms with Gasteiger partial charge in [-0.1, -0.05) is 0 Å². The molecule has 96 valence electrons. The average Bonchev–Trinajstić information content (AvgIpc) is 2.74. The monoisotopic (exact) mass is 253 g/mol. The number of rotatable bonds is 4. The Labute approximate surface area is 101 Å². The van der Waals surface area contributed by atoms with Gasteiger partial charge in [0.2, 0.25) is 5.91 Å². The number of aromatic nitrogens is 1. The highest BCUT2D eigenvalue weighted by Crippen LogP contribution is 2.00. The number of aromatic amines is 1. The molecule has 0 unspecified atom stereocenters. The second-order valence-corrected chi connectivity index (χ2v) is 3.34. The Hall–Kier alpha value is -2.84. The van der Waals surface area contributed by atoms with Gasteiger partial charge in [-0.3, -0.25) is 21.1 Å². The summed E-state index contributed by atoms with van der Waals surface area (Å²) in [6, 6.07) is 2.75. The van der Waals surface area contributed by atoms with Crippen molar-refractivity contribution in [1.29, 1.82) is 0 Å². The normalized spacial score (nSPS) is 9.56. The van der Waals surface area contributed by atoms with E-state index >= 15 is 0 Å². The van der Waals surface area contributed by atoms with Gasteiger partial charge in [0, 0.05) is 0 Å². The van der Waals surface area contributed by atoms with Gasteiger partial charge < -0.3 is 16.0 Å². The number of H-pyrrole nitrogens is 1. The van der Waals surface area contributed by atoms with E-state index in [-0.39, 0.29) is 23.9 Å². The van der Waals surface area contributed by atoms with Crippen molar-refractivity contribution in [3.63, 3.8) is 0 Å². The summed E-state index contributed by atoms with van der Waals surface area (Å²) in [5.74, 6) is -2.06. The van der Waals surface area contributed by atoms with Gasteiger partial charge in [0.05, 0.1) is 6.54 Å². The number of nitrogens with one attached hydrogen (secondary N) is 3. The van der Waals surface area contributed by atoms with E-state index in [2.05, 4.69) is 15.3 Å². The van der Waals surface area contributed by atoms with Gasteiger partial charge >= 0.3 is 11.9 Å². The van der Waals surface area contributed by atoms with E-state index in [1.807, 2.05) is 0 Å². The lowest BCUT2D eigenvalue weighted by atomic mass is 10.4. The molecule has 1 rings (SSSR count). The van der Waals surface area contributed by atoms with Crippen LogP contribution in [0, 0.1) is 0 Å². The van der Waals surface area contributed by atoms with E-state index in [9.17, 15) is 14.4 Å². The van der Waals surface area contributed by atoms with Gasteiger partial charge in [-0.2, -0.15) is 0 Å². The van der Waals surface area contributed by atoms with Gasteiger partial charge in [0.25, 0.3) is 5.91 Å². The van der Waals surface area contributed by atoms with Crippen LogP contribution in [0.4, 0.5) is 0 Å². The molecule has 1 aromatic rings.